The van der Waals surface area contributed by atoms with Gasteiger partial charge in [0.15, 0.2) is 0 Å². The van der Waals surface area contributed by atoms with Crippen LogP contribution < -0.4 is 21.7 Å². The monoisotopic (exact) mass is 536 g/mol. The lowest BCUT2D eigenvalue weighted by atomic mass is 10.0. The summed E-state index contributed by atoms with van der Waals surface area (Å²) in [5, 5.41) is 26.8. The summed E-state index contributed by atoms with van der Waals surface area (Å²) in [6, 6.07) is 12.8. The fourth-order valence-corrected chi connectivity index (χ4v) is 3.85. The number of aromatic amines is 1. The largest absolute Gasteiger partial charge is 0.480 e. The Bertz CT molecular complexity index is 1220. The molecule has 206 valence electrons. The Morgan fingerprint density at radius 1 is 0.769 bits per heavy atom. The van der Waals surface area contributed by atoms with Gasteiger partial charge in [-0.15, -0.1) is 0 Å². The quantitative estimate of drug-likeness (QED) is 0.140. The molecule has 12 nitrogen and oxygen atoms in total. The number of hydrogen-bond acceptors (Lipinski definition) is 7. The van der Waals surface area contributed by atoms with Gasteiger partial charge < -0.3 is 36.9 Å². The van der Waals surface area contributed by atoms with Crippen LogP contribution in [-0.2, 0) is 38.4 Å². The Balaban J connectivity index is 1.68. The third-order valence-electron chi connectivity index (χ3n) is 5.96. The van der Waals surface area contributed by atoms with Crippen LogP contribution in [0, 0.1) is 0 Å². The number of carboxylic acid groups (broad SMARTS) is 1. The Morgan fingerprint density at radius 2 is 1.28 bits per heavy atom. The number of nitrogens with zero attached hydrogens (tertiary/aromatic N) is 1. The third-order valence-corrected chi connectivity index (χ3v) is 5.96. The maximum Gasteiger partial charge on any atom is 0.326 e. The summed E-state index contributed by atoms with van der Waals surface area (Å²) >= 11 is 0. The van der Waals surface area contributed by atoms with Crippen molar-refractivity contribution in [2.75, 3.05) is 6.61 Å². The van der Waals surface area contributed by atoms with Gasteiger partial charge in [-0.2, -0.15) is 0 Å². The van der Waals surface area contributed by atoms with E-state index in [1.807, 2.05) is 0 Å². The van der Waals surface area contributed by atoms with Crippen LogP contribution in [0.3, 0.4) is 0 Å². The van der Waals surface area contributed by atoms with Crippen molar-refractivity contribution in [1.82, 2.24) is 25.9 Å². The summed E-state index contributed by atoms with van der Waals surface area (Å²) in [7, 11) is 0. The van der Waals surface area contributed by atoms with Crippen LogP contribution in [-0.4, -0.2) is 74.6 Å². The zero-order valence-corrected chi connectivity index (χ0v) is 21.1. The van der Waals surface area contributed by atoms with E-state index in [1.165, 1.54) is 12.5 Å². The van der Waals surface area contributed by atoms with Crippen molar-refractivity contribution in [1.29, 1.82) is 0 Å². The molecular weight excluding hydrogens is 504 g/mol. The highest BCUT2D eigenvalue weighted by Crippen LogP contribution is 2.07. The van der Waals surface area contributed by atoms with E-state index in [1.54, 1.807) is 60.7 Å². The molecule has 3 rings (SSSR count). The molecule has 4 atom stereocenters. The first kappa shape index (κ1) is 29.0. The molecule has 0 aliphatic rings. The normalized spacial score (nSPS) is 13.9. The van der Waals surface area contributed by atoms with Crippen molar-refractivity contribution in [3.05, 3.63) is 90.0 Å². The lowest BCUT2D eigenvalue weighted by Crippen LogP contribution is -2.58. The molecule has 39 heavy (non-hydrogen) atoms. The molecular formula is C27H32N6O6. The van der Waals surface area contributed by atoms with E-state index in [-0.39, 0.29) is 19.3 Å². The highest BCUT2D eigenvalue weighted by atomic mass is 16.4. The number of rotatable bonds is 14. The van der Waals surface area contributed by atoms with Gasteiger partial charge in [0.25, 0.3) is 0 Å². The van der Waals surface area contributed by atoms with E-state index in [2.05, 4.69) is 25.9 Å². The maximum atomic E-state index is 13.2. The van der Waals surface area contributed by atoms with Gasteiger partial charge in [0, 0.05) is 31.2 Å². The van der Waals surface area contributed by atoms with Gasteiger partial charge in [-0.1, -0.05) is 60.7 Å². The number of benzene rings is 2. The van der Waals surface area contributed by atoms with Crippen LogP contribution in [0.15, 0.2) is 73.2 Å². The minimum absolute atomic E-state index is 0.00885. The number of carbonyl (C=O) groups excluding carboxylic acids is 3. The molecule has 0 radical (unpaired) electrons. The van der Waals surface area contributed by atoms with E-state index in [4.69, 9.17) is 5.73 Å². The smallest absolute Gasteiger partial charge is 0.326 e. The van der Waals surface area contributed by atoms with Crippen molar-refractivity contribution >= 4 is 23.7 Å². The molecule has 0 spiro atoms. The van der Waals surface area contributed by atoms with Gasteiger partial charge >= 0.3 is 5.97 Å². The van der Waals surface area contributed by atoms with Gasteiger partial charge in [0.2, 0.25) is 17.7 Å². The summed E-state index contributed by atoms with van der Waals surface area (Å²) in [6.45, 7) is -0.791. The van der Waals surface area contributed by atoms with Gasteiger partial charge in [-0.05, 0) is 11.1 Å². The highest BCUT2D eigenvalue weighted by molar-refractivity contribution is 5.94. The predicted molar refractivity (Wildman–Crippen MR) is 141 cm³/mol. The molecule has 0 fully saturated rings. The lowest BCUT2D eigenvalue weighted by molar-refractivity contribution is -0.142. The first-order chi connectivity index (χ1) is 18.8. The zero-order valence-electron chi connectivity index (χ0n) is 21.1. The van der Waals surface area contributed by atoms with Crippen molar-refractivity contribution in [2.24, 2.45) is 5.73 Å². The average molecular weight is 537 g/mol. The van der Waals surface area contributed by atoms with Crippen molar-refractivity contribution < 1.29 is 29.4 Å². The van der Waals surface area contributed by atoms with Crippen LogP contribution in [0.4, 0.5) is 0 Å². The van der Waals surface area contributed by atoms with Gasteiger partial charge in [-0.25, -0.2) is 9.78 Å². The number of amides is 3. The van der Waals surface area contributed by atoms with E-state index >= 15 is 0 Å². The second kappa shape index (κ2) is 14.4. The van der Waals surface area contributed by atoms with Crippen molar-refractivity contribution in [2.45, 2.75) is 43.4 Å². The molecule has 8 N–H and O–H groups in total. The summed E-state index contributed by atoms with van der Waals surface area (Å²) in [6.07, 6.45) is 3.25. The topological polar surface area (TPSA) is 200 Å². The second-order valence-electron chi connectivity index (χ2n) is 8.97. The SMILES string of the molecule is NC(Cc1cnc[nH]1)C(=O)NC(Cc1ccccc1)C(=O)NC(CO)C(=O)NC(Cc1ccccc1)C(=O)O. The molecule has 0 saturated carbocycles. The molecule has 0 saturated heterocycles. The molecule has 1 heterocycles. The first-order valence-electron chi connectivity index (χ1n) is 12.3. The molecule has 2 aromatic carbocycles. The molecule has 12 heteroatoms. The van der Waals surface area contributed by atoms with Gasteiger partial charge in [0.05, 0.1) is 19.0 Å². The van der Waals surface area contributed by atoms with Gasteiger partial charge in [-0.3, -0.25) is 14.4 Å². The number of aliphatic hydroxyl groups excluding tert-OH is 1. The fourth-order valence-electron chi connectivity index (χ4n) is 3.85. The lowest BCUT2D eigenvalue weighted by Gasteiger charge is -2.24. The van der Waals surface area contributed by atoms with E-state index in [9.17, 15) is 29.4 Å². The highest BCUT2D eigenvalue weighted by Gasteiger charge is 2.30. The van der Waals surface area contributed by atoms with Crippen LogP contribution in [0.2, 0.25) is 0 Å². The van der Waals surface area contributed by atoms with E-state index < -0.39 is 54.5 Å². The molecule has 0 bridgehead atoms. The van der Waals surface area contributed by atoms with Crippen LogP contribution in [0.1, 0.15) is 16.8 Å². The minimum Gasteiger partial charge on any atom is -0.480 e. The predicted octanol–water partition coefficient (Wildman–Crippen LogP) is -0.704. The van der Waals surface area contributed by atoms with E-state index in [0.29, 0.717) is 11.3 Å². The molecule has 3 aromatic rings. The van der Waals surface area contributed by atoms with Crippen molar-refractivity contribution in [3.8, 4) is 0 Å². The van der Waals surface area contributed by atoms with Crippen LogP contribution >= 0.6 is 0 Å². The van der Waals surface area contributed by atoms with Crippen LogP contribution in [0.25, 0.3) is 0 Å². The Labute approximate surface area is 225 Å². The summed E-state index contributed by atoms with van der Waals surface area (Å²) in [4.78, 5) is 57.4. The summed E-state index contributed by atoms with van der Waals surface area (Å²) in [5.74, 6) is -3.49. The standard InChI is InChI=1S/C27H32N6O6/c28-20(13-19-14-29-16-30-19)24(35)31-21(11-17-7-3-1-4-8-17)25(36)33-23(15-34)26(37)32-22(27(38)39)12-18-9-5-2-6-10-18/h1-10,14,16,20-23,34H,11-13,15,28H2,(H,29,30)(H,31,35)(H,32,37)(H,33,36)(H,38,39). The maximum absolute atomic E-state index is 13.2. The van der Waals surface area contributed by atoms with E-state index in [0.717, 1.165) is 5.56 Å². The average Bonchev–Trinajstić information content (AvgIpc) is 3.44. The third kappa shape index (κ3) is 9.05. The minimum atomic E-state index is -1.45. The molecule has 1 aromatic heterocycles. The fraction of sp³-hybridized carbons (Fsp3) is 0.296. The number of aromatic nitrogens is 2. The summed E-state index contributed by atoms with van der Waals surface area (Å²) < 4.78 is 0. The number of H-pyrrole nitrogens is 1. The number of carbonyl (C=O) groups is 4. The van der Waals surface area contributed by atoms with Crippen molar-refractivity contribution in [3.63, 3.8) is 0 Å². The zero-order chi connectivity index (χ0) is 28.2. The summed E-state index contributed by atoms with van der Waals surface area (Å²) in [5.41, 5.74) is 8.08. The number of imidazole rings is 1. The number of nitrogens with one attached hydrogen (secondary N) is 4. The Hall–Kier alpha value is -4.55. The first-order valence-corrected chi connectivity index (χ1v) is 12.3. The molecule has 3 amide bonds. The number of hydrogen-bond donors (Lipinski definition) is 7. The Morgan fingerprint density at radius 3 is 1.79 bits per heavy atom. The number of aliphatic carboxylic acids is 1. The number of aliphatic hydroxyl groups is 1. The Kier molecular flexibility index (Phi) is 10.7. The number of nitrogens with two attached hydrogens (primary N) is 1. The van der Waals surface area contributed by atoms with Crippen LogP contribution in [0.5, 0.6) is 0 Å². The molecule has 0 aliphatic heterocycles. The second-order valence-corrected chi connectivity index (χ2v) is 8.97. The molecule has 4 unspecified atom stereocenters. The van der Waals surface area contributed by atoms with Gasteiger partial charge in [0.1, 0.15) is 18.1 Å². The molecule has 0 aliphatic carbocycles. The number of carboxylic acids is 1.